The number of amides is 1. The standard InChI is InChI=1S/C26H25N3O5S/c27-18-20-9-11-21(12-10-20)33-19-26(30)28-24-17-23(35(31,32)29-15-5-2-6-16-29)13-14-25(24)34-22-7-3-1-4-8-22/h1,3-4,7-14,17H,2,5-6,15-16,19H2,(H,28,30). The molecule has 1 N–H and O–H groups in total. The van der Waals surface area contributed by atoms with Crippen LogP contribution in [0, 0.1) is 11.3 Å². The highest BCUT2D eigenvalue weighted by molar-refractivity contribution is 7.89. The van der Waals surface area contributed by atoms with Crippen LogP contribution in [0.25, 0.3) is 0 Å². The molecule has 0 unspecified atom stereocenters. The van der Waals surface area contributed by atoms with Gasteiger partial charge in [-0.15, -0.1) is 0 Å². The van der Waals surface area contributed by atoms with E-state index in [1.54, 1.807) is 42.5 Å². The van der Waals surface area contributed by atoms with Crippen LogP contribution in [0.1, 0.15) is 24.8 Å². The predicted octanol–water partition coefficient (Wildman–Crippen LogP) is 4.54. The topological polar surface area (TPSA) is 109 Å². The van der Waals surface area contributed by atoms with Crippen LogP contribution < -0.4 is 14.8 Å². The number of para-hydroxylation sites is 1. The van der Waals surface area contributed by atoms with Crippen LogP contribution >= 0.6 is 0 Å². The minimum Gasteiger partial charge on any atom is -0.484 e. The number of ether oxygens (including phenoxy) is 2. The molecule has 8 nitrogen and oxygen atoms in total. The van der Waals surface area contributed by atoms with Gasteiger partial charge in [0.2, 0.25) is 10.0 Å². The van der Waals surface area contributed by atoms with Crippen LogP contribution in [0.4, 0.5) is 5.69 Å². The molecule has 1 aliphatic heterocycles. The molecule has 0 bridgehead atoms. The first-order valence-electron chi connectivity index (χ1n) is 11.3. The normalized spacial score (nSPS) is 14.0. The largest absolute Gasteiger partial charge is 0.484 e. The molecular formula is C26H25N3O5S. The molecule has 35 heavy (non-hydrogen) atoms. The maximum Gasteiger partial charge on any atom is 0.262 e. The van der Waals surface area contributed by atoms with Gasteiger partial charge >= 0.3 is 0 Å². The third kappa shape index (κ3) is 6.18. The van der Waals surface area contributed by atoms with E-state index in [4.69, 9.17) is 14.7 Å². The molecule has 3 aromatic rings. The number of carbonyl (C=O) groups is 1. The fourth-order valence-corrected chi connectivity index (χ4v) is 5.23. The zero-order valence-electron chi connectivity index (χ0n) is 19.0. The minimum atomic E-state index is -3.70. The molecule has 0 radical (unpaired) electrons. The van der Waals surface area contributed by atoms with Crippen molar-refractivity contribution in [3.8, 4) is 23.3 Å². The number of anilines is 1. The van der Waals surface area contributed by atoms with Crippen LogP contribution in [-0.4, -0.2) is 38.3 Å². The summed E-state index contributed by atoms with van der Waals surface area (Å²) in [6, 6.07) is 21.9. The zero-order valence-corrected chi connectivity index (χ0v) is 19.8. The van der Waals surface area contributed by atoms with Gasteiger partial charge in [-0.3, -0.25) is 4.79 Å². The number of benzene rings is 3. The predicted molar refractivity (Wildman–Crippen MR) is 131 cm³/mol. The van der Waals surface area contributed by atoms with Gasteiger partial charge < -0.3 is 14.8 Å². The number of nitrogens with zero attached hydrogens (tertiary/aromatic N) is 2. The number of hydrogen-bond acceptors (Lipinski definition) is 6. The lowest BCUT2D eigenvalue weighted by molar-refractivity contribution is -0.118. The van der Waals surface area contributed by atoms with Crippen molar-refractivity contribution >= 4 is 21.6 Å². The number of hydrogen-bond donors (Lipinski definition) is 1. The van der Waals surface area contributed by atoms with Gasteiger partial charge in [0, 0.05) is 13.1 Å². The highest BCUT2D eigenvalue weighted by Crippen LogP contribution is 2.33. The van der Waals surface area contributed by atoms with E-state index in [1.807, 2.05) is 24.3 Å². The number of nitrogens with one attached hydrogen (secondary N) is 1. The second-order valence-electron chi connectivity index (χ2n) is 8.01. The average molecular weight is 492 g/mol. The van der Waals surface area contributed by atoms with E-state index in [2.05, 4.69) is 5.32 Å². The molecule has 1 fully saturated rings. The third-order valence-electron chi connectivity index (χ3n) is 5.50. The lowest BCUT2D eigenvalue weighted by Crippen LogP contribution is -2.35. The quantitative estimate of drug-likeness (QED) is 0.495. The Labute approximate surface area is 204 Å². The van der Waals surface area contributed by atoms with E-state index >= 15 is 0 Å². The molecule has 3 aromatic carbocycles. The number of carbonyl (C=O) groups excluding carboxylic acids is 1. The summed E-state index contributed by atoms with van der Waals surface area (Å²) in [5.41, 5.74) is 0.705. The average Bonchev–Trinajstić information content (AvgIpc) is 2.90. The van der Waals surface area contributed by atoms with Crippen molar-refractivity contribution in [2.45, 2.75) is 24.2 Å². The first-order valence-corrected chi connectivity index (χ1v) is 12.7. The molecule has 0 aliphatic carbocycles. The van der Waals surface area contributed by atoms with E-state index < -0.39 is 15.9 Å². The van der Waals surface area contributed by atoms with Gasteiger partial charge in [-0.2, -0.15) is 9.57 Å². The second kappa shape index (κ2) is 11.0. The van der Waals surface area contributed by atoms with E-state index in [0.717, 1.165) is 19.3 Å². The molecule has 0 spiro atoms. The van der Waals surface area contributed by atoms with Crippen LogP contribution in [-0.2, 0) is 14.8 Å². The van der Waals surface area contributed by atoms with Gasteiger partial charge in [0.1, 0.15) is 11.5 Å². The van der Waals surface area contributed by atoms with E-state index in [0.29, 0.717) is 35.9 Å². The molecule has 1 heterocycles. The zero-order chi connectivity index (χ0) is 24.7. The van der Waals surface area contributed by atoms with Gasteiger partial charge in [0.25, 0.3) is 5.91 Å². The van der Waals surface area contributed by atoms with Crippen molar-refractivity contribution < 1.29 is 22.7 Å². The third-order valence-corrected chi connectivity index (χ3v) is 7.40. The Morgan fingerprint density at radius 2 is 1.66 bits per heavy atom. The second-order valence-corrected chi connectivity index (χ2v) is 9.95. The highest BCUT2D eigenvalue weighted by atomic mass is 32.2. The van der Waals surface area contributed by atoms with Crippen LogP contribution in [0.2, 0.25) is 0 Å². The summed E-state index contributed by atoms with van der Waals surface area (Å²) in [5, 5.41) is 11.6. The van der Waals surface area contributed by atoms with E-state index in [-0.39, 0.29) is 17.2 Å². The Kier molecular flexibility index (Phi) is 7.65. The van der Waals surface area contributed by atoms with Gasteiger partial charge in [-0.25, -0.2) is 8.42 Å². The summed E-state index contributed by atoms with van der Waals surface area (Å²) < 4.78 is 39.3. The van der Waals surface area contributed by atoms with Crippen molar-refractivity contribution in [3.05, 3.63) is 78.4 Å². The Balaban J connectivity index is 1.55. The summed E-state index contributed by atoms with van der Waals surface area (Å²) in [6.45, 7) is 0.648. The van der Waals surface area contributed by atoms with Gasteiger partial charge in [-0.05, 0) is 67.4 Å². The fraction of sp³-hybridized carbons (Fsp3) is 0.231. The van der Waals surface area contributed by atoms with Gasteiger partial charge in [-0.1, -0.05) is 24.6 Å². The maximum atomic E-state index is 13.2. The van der Waals surface area contributed by atoms with Crippen LogP contribution in [0.15, 0.2) is 77.7 Å². The number of sulfonamides is 1. The summed E-state index contributed by atoms with van der Waals surface area (Å²) in [4.78, 5) is 12.8. The molecule has 1 amide bonds. The van der Waals surface area contributed by atoms with E-state index in [9.17, 15) is 13.2 Å². The first-order chi connectivity index (χ1) is 17.0. The molecule has 1 aliphatic rings. The van der Waals surface area contributed by atoms with Crippen LogP contribution in [0.3, 0.4) is 0 Å². The van der Waals surface area contributed by atoms with Crippen LogP contribution in [0.5, 0.6) is 17.2 Å². The number of rotatable bonds is 8. The van der Waals surface area contributed by atoms with E-state index in [1.165, 1.54) is 16.4 Å². The van der Waals surface area contributed by atoms with Gasteiger partial charge in [0.05, 0.1) is 22.2 Å². The Morgan fingerprint density at radius 3 is 2.34 bits per heavy atom. The molecule has 4 rings (SSSR count). The van der Waals surface area contributed by atoms with Crippen molar-refractivity contribution in [1.29, 1.82) is 5.26 Å². The maximum absolute atomic E-state index is 13.2. The molecule has 0 atom stereocenters. The van der Waals surface area contributed by atoms with Crippen molar-refractivity contribution in [2.75, 3.05) is 25.0 Å². The monoisotopic (exact) mass is 491 g/mol. The molecule has 180 valence electrons. The van der Waals surface area contributed by atoms with Crippen molar-refractivity contribution in [1.82, 2.24) is 4.31 Å². The highest BCUT2D eigenvalue weighted by Gasteiger charge is 2.27. The summed E-state index contributed by atoms with van der Waals surface area (Å²) in [7, 11) is -3.70. The molecule has 0 aromatic heterocycles. The smallest absolute Gasteiger partial charge is 0.262 e. The summed E-state index contributed by atoms with van der Waals surface area (Å²) >= 11 is 0. The first kappa shape index (κ1) is 24.3. The van der Waals surface area contributed by atoms with Gasteiger partial charge in [0.15, 0.2) is 12.4 Å². The fourth-order valence-electron chi connectivity index (χ4n) is 3.69. The van der Waals surface area contributed by atoms with Crippen molar-refractivity contribution in [2.24, 2.45) is 0 Å². The Bertz CT molecular complexity index is 1310. The SMILES string of the molecule is N#Cc1ccc(OCC(=O)Nc2cc(S(=O)(=O)N3CCCCC3)ccc2Oc2ccccc2)cc1. The number of nitriles is 1. The Hall–Kier alpha value is -3.87. The lowest BCUT2D eigenvalue weighted by Gasteiger charge is -2.26. The van der Waals surface area contributed by atoms with Crippen molar-refractivity contribution in [3.63, 3.8) is 0 Å². The molecule has 0 saturated carbocycles. The minimum absolute atomic E-state index is 0.0862. The summed E-state index contributed by atoms with van der Waals surface area (Å²) in [5.74, 6) is 0.796. The molecule has 9 heteroatoms. The molecule has 1 saturated heterocycles. The summed E-state index contributed by atoms with van der Waals surface area (Å²) in [6.07, 6.45) is 2.66. The lowest BCUT2D eigenvalue weighted by atomic mass is 10.2. The number of piperidine rings is 1. The molecular weight excluding hydrogens is 466 g/mol. The Morgan fingerprint density at radius 1 is 0.943 bits per heavy atom.